The molecule has 3 aromatic rings. The van der Waals surface area contributed by atoms with Gasteiger partial charge in [0.2, 0.25) is 0 Å². The van der Waals surface area contributed by atoms with Crippen molar-refractivity contribution in [1.82, 2.24) is 15.1 Å². The Hall–Kier alpha value is -4.39. The van der Waals surface area contributed by atoms with Gasteiger partial charge < -0.3 is 14.5 Å². The molecule has 5 rings (SSSR count). The van der Waals surface area contributed by atoms with E-state index in [4.69, 9.17) is 16.3 Å². The number of nitriles is 1. The second-order valence-corrected chi connectivity index (χ2v) is 10.8. The first kappa shape index (κ1) is 28.1. The number of ether oxygens (including phenoxy) is 1. The van der Waals surface area contributed by atoms with Crippen LogP contribution in [0.1, 0.15) is 47.1 Å². The minimum atomic E-state index is -0.755. The van der Waals surface area contributed by atoms with Gasteiger partial charge in [-0.15, -0.1) is 0 Å². The van der Waals surface area contributed by atoms with Crippen molar-refractivity contribution in [2.45, 2.75) is 32.1 Å². The highest BCUT2D eigenvalue weighted by atomic mass is 35.5. The molecule has 0 bridgehead atoms. The van der Waals surface area contributed by atoms with Crippen LogP contribution in [0, 0.1) is 17.1 Å². The van der Waals surface area contributed by atoms with Crippen LogP contribution in [0.25, 0.3) is 5.70 Å². The molecular weight excluding hydrogens is 545 g/mol. The van der Waals surface area contributed by atoms with Gasteiger partial charge in [-0.05, 0) is 62.4 Å². The second-order valence-electron chi connectivity index (χ2n) is 10.4. The predicted octanol–water partition coefficient (Wildman–Crippen LogP) is 5.16. The summed E-state index contributed by atoms with van der Waals surface area (Å²) in [6.07, 6.45) is -0.504. The number of rotatable bonds is 6. The molecule has 10 heteroatoms. The zero-order valence-corrected chi connectivity index (χ0v) is 24.0. The fraction of sp³-hybridized carbons (Fsp3) is 0.258. The lowest BCUT2D eigenvalue weighted by Crippen LogP contribution is -2.40. The van der Waals surface area contributed by atoms with E-state index < -0.39 is 18.0 Å². The topological polar surface area (TPSA) is 88.9 Å². The van der Waals surface area contributed by atoms with E-state index in [1.807, 2.05) is 13.8 Å². The molecule has 2 aliphatic rings. The van der Waals surface area contributed by atoms with Crippen LogP contribution in [0.2, 0.25) is 5.02 Å². The quantitative estimate of drug-likeness (QED) is 0.438. The lowest BCUT2D eigenvalue weighted by atomic mass is 10.0. The first-order valence-electron chi connectivity index (χ1n) is 13.0. The number of anilines is 1. The molecule has 0 aliphatic carbocycles. The summed E-state index contributed by atoms with van der Waals surface area (Å²) in [5, 5.41) is 12.7. The van der Waals surface area contributed by atoms with E-state index >= 15 is 0 Å². The molecule has 2 amide bonds. The van der Waals surface area contributed by atoms with Crippen molar-refractivity contribution in [3.63, 3.8) is 0 Å². The molecule has 41 heavy (non-hydrogen) atoms. The summed E-state index contributed by atoms with van der Waals surface area (Å²) in [6, 6.07) is 17.7. The van der Waals surface area contributed by atoms with Crippen LogP contribution in [0.3, 0.4) is 0 Å². The van der Waals surface area contributed by atoms with Crippen LogP contribution in [-0.2, 0) is 4.79 Å². The third kappa shape index (κ3) is 4.79. The Morgan fingerprint density at radius 1 is 1.12 bits per heavy atom. The third-order valence-corrected chi connectivity index (χ3v) is 7.56. The van der Waals surface area contributed by atoms with Gasteiger partial charge in [0.05, 0.1) is 40.8 Å². The Bertz CT molecular complexity index is 1610. The Labute approximate surface area is 243 Å². The van der Waals surface area contributed by atoms with E-state index in [1.165, 1.54) is 28.0 Å². The lowest BCUT2D eigenvalue weighted by Gasteiger charge is -2.34. The highest BCUT2D eigenvalue weighted by Gasteiger charge is 2.52. The van der Waals surface area contributed by atoms with Gasteiger partial charge in [-0.25, -0.2) is 4.39 Å². The standard InChI is InChI=1S/C31H29ClFN5O3/c1-17(2)37-28-26(35-29(37)22-14-20(30(39)36(3)4)10-13-25(22)41-5)31(40)38(21-11-12-24(33)23(32)15-21)27(28)19-8-6-18(16-34)7-9-19/h6-15,17,26,29,35H,1-5H3. The van der Waals surface area contributed by atoms with Crippen molar-refractivity contribution < 1.29 is 18.7 Å². The highest BCUT2D eigenvalue weighted by molar-refractivity contribution is 6.31. The number of hydrogen-bond acceptors (Lipinski definition) is 6. The summed E-state index contributed by atoms with van der Waals surface area (Å²) in [7, 11) is 4.94. The molecule has 1 saturated heterocycles. The molecule has 0 aromatic heterocycles. The van der Waals surface area contributed by atoms with Gasteiger partial charge in [-0.3, -0.25) is 19.8 Å². The molecule has 1 N–H and O–H groups in total. The minimum Gasteiger partial charge on any atom is -0.496 e. The molecule has 0 saturated carbocycles. The van der Waals surface area contributed by atoms with Gasteiger partial charge in [0.25, 0.3) is 11.8 Å². The van der Waals surface area contributed by atoms with Crippen LogP contribution in [0.15, 0.2) is 66.4 Å². The smallest absolute Gasteiger partial charge is 0.255 e. The summed E-state index contributed by atoms with van der Waals surface area (Å²) in [6.45, 7) is 4.04. The first-order chi connectivity index (χ1) is 19.6. The fourth-order valence-corrected chi connectivity index (χ4v) is 5.60. The lowest BCUT2D eigenvalue weighted by molar-refractivity contribution is -0.118. The van der Waals surface area contributed by atoms with Crippen molar-refractivity contribution in [3.05, 3.63) is 99.5 Å². The molecule has 210 valence electrons. The average molecular weight is 574 g/mol. The number of nitrogens with one attached hydrogen (secondary N) is 1. The maximum Gasteiger partial charge on any atom is 0.255 e. The zero-order valence-electron chi connectivity index (χ0n) is 23.3. The number of amides is 2. The Morgan fingerprint density at radius 2 is 1.83 bits per heavy atom. The van der Waals surface area contributed by atoms with Crippen LogP contribution in [-0.4, -0.2) is 54.9 Å². The van der Waals surface area contributed by atoms with Gasteiger partial charge in [-0.2, -0.15) is 5.26 Å². The zero-order chi connectivity index (χ0) is 29.6. The molecule has 2 unspecified atom stereocenters. The summed E-state index contributed by atoms with van der Waals surface area (Å²) in [4.78, 5) is 32.1. The number of halogens is 2. The SMILES string of the molecule is COc1ccc(C(=O)N(C)C)cc1C1NC2C(=O)N(c3ccc(F)c(Cl)c3)C(c3ccc(C#N)cc3)=C2N1C(C)C. The molecule has 1 fully saturated rings. The molecule has 0 spiro atoms. The highest BCUT2D eigenvalue weighted by Crippen LogP contribution is 2.47. The summed E-state index contributed by atoms with van der Waals surface area (Å²) >= 11 is 6.14. The molecule has 8 nitrogen and oxygen atoms in total. The molecule has 2 atom stereocenters. The monoisotopic (exact) mass is 573 g/mol. The number of methoxy groups -OCH3 is 1. The Balaban J connectivity index is 1.73. The molecule has 2 heterocycles. The normalized spacial score (nSPS) is 18.2. The minimum absolute atomic E-state index is 0.0941. The van der Waals surface area contributed by atoms with Crippen molar-refractivity contribution in [3.8, 4) is 11.8 Å². The van der Waals surface area contributed by atoms with Crippen LogP contribution in [0.4, 0.5) is 10.1 Å². The van der Waals surface area contributed by atoms with E-state index in [1.54, 1.807) is 63.7 Å². The van der Waals surface area contributed by atoms with E-state index in [9.17, 15) is 19.2 Å². The summed E-state index contributed by atoms with van der Waals surface area (Å²) < 4.78 is 19.8. The van der Waals surface area contributed by atoms with Gasteiger partial charge in [-0.1, -0.05) is 23.7 Å². The molecule has 0 radical (unpaired) electrons. The maximum atomic E-state index is 14.2. The number of benzene rings is 3. The van der Waals surface area contributed by atoms with E-state index in [2.05, 4.69) is 16.3 Å². The molecular formula is C31H29ClFN5O3. The number of hydrogen-bond donors (Lipinski definition) is 1. The fourth-order valence-electron chi connectivity index (χ4n) is 5.42. The number of nitrogens with zero attached hydrogens (tertiary/aromatic N) is 4. The van der Waals surface area contributed by atoms with Gasteiger partial charge in [0.15, 0.2) is 0 Å². The Morgan fingerprint density at radius 3 is 2.41 bits per heavy atom. The van der Waals surface area contributed by atoms with Gasteiger partial charge in [0, 0.05) is 36.8 Å². The van der Waals surface area contributed by atoms with Crippen molar-refractivity contribution in [2.75, 3.05) is 26.1 Å². The molecule has 3 aromatic carbocycles. The number of fused-ring (bicyclic) bond motifs is 1. The average Bonchev–Trinajstić information content (AvgIpc) is 3.49. The predicted molar refractivity (Wildman–Crippen MR) is 155 cm³/mol. The molecule has 2 aliphatic heterocycles. The van der Waals surface area contributed by atoms with Crippen molar-refractivity contribution in [2.24, 2.45) is 0 Å². The van der Waals surface area contributed by atoms with Gasteiger partial charge >= 0.3 is 0 Å². The van der Waals surface area contributed by atoms with Crippen LogP contribution in [0.5, 0.6) is 5.75 Å². The summed E-state index contributed by atoms with van der Waals surface area (Å²) in [5.41, 5.74) is 4.10. The first-order valence-corrected chi connectivity index (χ1v) is 13.4. The second kappa shape index (κ2) is 10.9. The third-order valence-electron chi connectivity index (χ3n) is 7.27. The van der Waals surface area contributed by atoms with E-state index in [-0.39, 0.29) is 22.9 Å². The number of carbonyl (C=O) groups excluding carboxylic acids is 2. The Kier molecular flexibility index (Phi) is 7.47. The van der Waals surface area contributed by atoms with E-state index in [0.717, 1.165) is 0 Å². The van der Waals surface area contributed by atoms with Crippen LogP contribution < -0.4 is 15.0 Å². The van der Waals surface area contributed by atoms with Crippen molar-refractivity contribution >= 4 is 34.8 Å². The summed E-state index contributed by atoms with van der Waals surface area (Å²) in [5.74, 6) is -0.444. The van der Waals surface area contributed by atoms with E-state index in [0.29, 0.717) is 45.1 Å². The van der Waals surface area contributed by atoms with Crippen LogP contribution >= 0.6 is 11.6 Å². The van der Waals surface area contributed by atoms with Crippen molar-refractivity contribution in [1.29, 1.82) is 5.26 Å². The largest absolute Gasteiger partial charge is 0.496 e. The number of carbonyl (C=O) groups is 2. The maximum absolute atomic E-state index is 14.2. The van der Waals surface area contributed by atoms with Gasteiger partial charge in [0.1, 0.15) is 23.8 Å².